The van der Waals surface area contributed by atoms with Gasteiger partial charge in [-0.25, -0.2) is 9.78 Å². The van der Waals surface area contributed by atoms with Crippen LogP contribution in [0.3, 0.4) is 0 Å². The van der Waals surface area contributed by atoms with Gasteiger partial charge in [-0.3, -0.25) is 0 Å². The zero-order valence-corrected chi connectivity index (χ0v) is 21.1. The molecule has 1 heterocycles. The predicted octanol–water partition coefficient (Wildman–Crippen LogP) is 7.76. The normalized spacial score (nSPS) is 23.1. The number of methoxy groups -OCH3 is 1. The summed E-state index contributed by atoms with van der Waals surface area (Å²) in [6.45, 7) is 2.31. The second kappa shape index (κ2) is 11.4. The van der Waals surface area contributed by atoms with E-state index < -0.39 is 5.97 Å². The number of aromatic carboxylic acids is 1. The van der Waals surface area contributed by atoms with E-state index in [9.17, 15) is 4.79 Å². The lowest BCUT2D eigenvalue weighted by atomic mass is 9.71. The molecule has 7 heteroatoms. The van der Waals surface area contributed by atoms with Crippen LogP contribution in [-0.2, 0) is 0 Å². The molecule has 1 unspecified atom stereocenters. The minimum atomic E-state index is -0.969. The summed E-state index contributed by atoms with van der Waals surface area (Å²) in [5, 5.41) is 13.3. The van der Waals surface area contributed by atoms with Crippen molar-refractivity contribution in [3.63, 3.8) is 0 Å². The number of nitrogens with zero attached hydrogens (tertiary/aromatic N) is 1. The van der Waals surface area contributed by atoms with Crippen LogP contribution in [0.4, 0.5) is 5.69 Å². The van der Waals surface area contributed by atoms with Gasteiger partial charge in [0.1, 0.15) is 15.8 Å². The average Bonchev–Trinajstić information content (AvgIpc) is 3.32. The van der Waals surface area contributed by atoms with Gasteiger partial charge in [0.25, 0.3) is 0 Å². The van der Waals surface area contributed by atoms with Crippen molar-refractivity contribution in [2.45, 2.75) is 69.7 Å². The first-order valence-corrected chi connectivity index (χ1v) is 13.8. The van der Waals surface area contributed by atoms with E-state index in [1.807, 2.05) is 0 Å². The molecule has 1 saturated carbocycles. The standard InChI is InChI=1S/C26H34N2O3S2/c1-3-4-17-5-7-18(8-6-17)19-9-11-20(12-10-19)25-27-24(16-32-25)33-28-22-14-13-21(26(29)30)15-23(22)31-2/h11,13-19,28H,3-10,12H2,1-2H3,(H,29,30). The number of benzene rings is 1. The first-order valence-electron chi connectivity index (χ1n) is 12.1. The van der Waals surface area contributed by atoms with Gasteiger partial charge in [-0.15, -0.1) is 11.3 Å². The number of ether oxygens (including phenoxy) is 1. The maximum Gasteiger partial charge on any atom is 0.335 e. The Hall–Kier alpha value is -1.99. The van der Waals surface area contributed by atoms with Crippen molar-refractivity contribution in [1.82, 2.24) is 4.98 Å². The number of hydrogen-bond donors (Lipinski definition) is 2. The Balaban J connectivity index is 1.31. The third-order valence-electron chi connectivity index (χ3n) is 7.18. The molecule has 2 aliphatic rings. The van der Waals surface area contributed by atoms with Gasteiger partial charge < -0.3 is 14.6 Å². The van der Waals surface area contributed by atoms with Crippen LogP contribution in [0.1, 0.15) is 80.1 Å². The summed E-state index contributed by atoms with van der Waals surface area (Å²) in [7, 11) is 1.54. The number of anilines is 1. The number of carboxylic acid groups (broad SMARTS) is 1. The minimum absolute atomic E-state index is 0.204. The SMILES string of the molecule is CCCC1CCC(C2CC=C(c3nc(SNc4ccc(C(=O)O)cc4OC)cs3)CC2)CC1. The van der Waals surface area contributed by atoms with Crippen LogP contribution in [0.15, 0.2) is 34.7 Å². The molecule has 0 aliphatic heterocycles. The number of rotatable bonds is 9. The first kappa shape index (κ1) is 24.1. The van der Waals surface area contributed by atoms with E-state index >= 15 is 0 Å². The fourth-order valence-electron chi connectivity index (χ4n) is 5.30. The predicted molar refractivity (Wildman–Crippen MR) is 137 cm³/mol. The van der Waals surface area contributed by atoms with Gasteiger partial charge in [0, 0.05) is 17.3 Å². The molecule has 178 valence electrons. The van der Waals surface area contributed by atoms with Gasteiger partial charge in [-0.1, -0.05) is 38.7 Å². The van der Waals surface area contributed by atoms with Gasteiger partial charge in [-0.2, -0.15) is 0 Å². The zero-order valence-electron chi connectivity index (χ0n) is 19.5. The van der Waals surface area contributed by atoms with Crippen molar-refractivity contribution in [1.29, 1.82) is 0 Å². The molecular weight excluding hydrogens is 452 g/mol. The molecule has 0 bridgehead atoms. The summed E-state index contributed by atoms with van der Waals surface area (Å²) in [5.41, 5.74) is 2.33. The highest BCUT2D eigenvalue weighted by atomic mass is 32.2. The average molecular weight is 487 g/mol. The van der Waals surface area contributed by atoms with Gasteiger partial charge >= 0.3 is 5.97 Å². The topological polar surface area (TPSA) is 71.5 Å². The van der Waals surface area contributed by atoms with Gasteiger partial charge in [0.2, 0.25) is 0 Å². The molecule has 1 fully saturated rings. The molecule has 2 N–H and O–H groups in total. The summed E-state index contributed by atoms with van der Waals surface area (Å²) < 4.78 is 8.59. The van der Waals surface area contributed by atoms with E-state index in [0.717, 1.165) is 39.9 Å². The fourth-order valence-corrected chi connectivity index (χ4v) is 6.97. The van der Waals surface area contributed by atoms with Crippen LogP contribution in [0.2, 0.25) is 0 Å². The van der Waals surface area contributed by atoms with E-state index in [1.165, 1.54) is 82.1 Å². The number of nitrogens with one attached hydrogen (secondary N) is 1. The maximum absolute atomic E-state index is 11.2. The second-order valence-corrected chi connectivity index (χ2v) is 10.9. The van der Waals surface area contributed by atoms with Crippen LogP contribution in [0, 0.1) is 17.8 Å². The Bertz CT molecular complexity index is 980. The Kier molecular flexibility index (Phi) is 8.36. The van der Waals surface area contributed by atoms with Crippen molar-refractivity contribution in [2.75, 3.05) is 11.8 Å². The Morgan fingerprint density at radius 2 is 2.06 bits per heavy atom. The molecule has 4 rings (SSSR count). The molecule has 5 nitrogen and oxygen atoms in total. The molecule has 2 aromatic rings. The summed E-state index contributed by atoms with van der Waals surface area (Å²) in [4.78, 5) is 16.0. The molecule has 0 radical (unpaired) electrons. The van der Waals surface area contributed by atoms with Crippen molar-refractivity contribution in [2.24, 2.45) is 17.8 Å². The van der Waals surface area contributed by atoms with E-state index in [0.29, 0.717) is 5.75 Å². The van der Waals surface area contributed by atoms with E-state index in [-0.39, 0.29) is 5.56 Å². The Labute approximate surface area is 205 Å². The lowest BCUT2D eigenvalue weighted by Crippen LogP contribution is -2.23. The molecule has 33 heavy (non-hydrogen) atoms. The van der Waals surface area contributed by atoms with Crippen molar-refractivity contribution in [3.8, 4) is 5.75 Å². The smallest absolute Gasteiger partial charge is 0.335 e. The highest BCUT2D eigenvalue weighted by molar-refractivity contribution is 8.00. The Morgan fingerprint density at radius 1 is 1.24 bits per heavy atom. The highest BCUT2D eigenvalue weighted by Crippen LogP contribution is 2.42. The number of carbonyl (C=O) groups is 1. The van der Waals surface area contributed by atoms with Gasteiger partial charge in [-0.05, 0) is 73.6 Å². The summed E-state index contributed by atoms with van der Waals surface area (Å²) in [5.74, 6) is 2.29. The fraction of sp³-hybridized carbons (Fsp3) is 0.538. The second-order valence-electron chi connectivity index (χ2n) is 9.25. The van der Waals surface area contributed by atoms with Crippen LogP contribution < -0.4 is 9.46 Å². The largest absolute Gasteiger partial charge is 0.495 e. The highest BCUT2D eigenvalue weighted by Gasteiger charge is 2.29. The van der Waals surface area contributed by atoms with Gasteiger partial charge in [0.05, 0.1) is 18.4 Å². The monoisotopic (exact) mass is 486 g/mol. The van der Waals surface area contributed by atoms with Crippen LogP contribution in [0.5, 0.6) is 5.75 Å². The van der Waals surface area contributed by atoms with E-state index in [1.54, 1.807) is 23.5 Å². The lowest BCUT2D eigenvalue weighted by molar-refractivity contribution is 0.0696. The van der Waals surface area contributed by atoms with E-state index in [4.69, 9.17) is 14.8 Å². The van der Waals surface area contributed by atoms with Crippen LogP contribution in [-0.4, -0.2) is 23.2 Å². The third kappa shape index (κ3) is 6.12. The Morgan fingerprint density at radius 3 is 2.73 bits per heavy atom. The minimum Gasteiger partial charge on any atom is -0.495 e. The molecule has 0 amide bonds. The zero-order chi connectivity index (χ0) is 23.2. The van der Waals surface area contributed by atoms with Crippen molar-refractivity contribution in [3.05, 3.63) is 40.2 Å². The molecule has 0 saturated heterocycles. The van der Waals surface area contributed by atoms with Crippen molar-refractivity contribution < 1.29 is 14.6 Å². The quantitative estimate of drug-likeness (QED) is 0.353. The maximum atomic E-state index is 11.2. The summed E-state index contributed by atoms with van der Waals surface area (Å²) in [6.07, 6.45) is 14.6. The number of aromatic nitrogens is 1. The van der Waals surface area contributed by atoms with Gasteiger partial charge in [0.15, 0.2) is 0 Å². The molecule has 1 aromatic heterocycles. The molecular formula is C26H34N2O3S2. The van der Waals surface area contributed by atoms with Crippen LogP contribution >= 0.6 is 23.3 Å². The number of carboxylic acids is 1. The molecule has 1 atom stereocenters. The number of thiazole rings is 1. The van der Waals surface area contributed by atoms with E-state index in [2.05, 4.69) is 23.1 Å². The van der Waals surface area contributed by atoms with Crippen molar-refractivity contribution >= 4 is 40.5 Å². The molecule has 1 aromatic carbocycles. The lowest BCUT2D eigenvalue weighted by Gasteiger charge is -2.35. The van der Waals surface area contributed by atoms with Crippen LogP contribution in [0.25, 0.3) is 5.57 Å². The first-order chi connectivity index (χ1) is 16.1. The molecule has 2 aliphatic carbocycles. The number of hydrogen-bond acceptors (Lipinski definition) is 6. The third-order valence-corrected chi connectivity index (χ3v) is 8.99. The molecule has 0 spiro atoms. The summed E-state index contributed by atoms with van der Waals surface area (Å²) >= 11 is 3.13. The number of allylic oxidation sites excluding steroid dienone is 2. The summed E-state index contributed by atoms with van der Waals surface area (Å²) in [6, 6.07) is 4.82.